The Morgan fingerprint density at radius 3 is 2.54 bits per heavy atom. The molecule has 1 fully saturated rings. The van der Waals surface area contributed by atoms with Crippen molar-refractivity contribution < 1.29 is 28.6 Å². The Bertz CT molecular complexity index is 1000. The highest BCUT2D eigenvalue weighted by molar-refractivity contribution is 6.05. The van der Waals surface area contributed by atoms with E-state index in [1.165, 1.54) is 13.5 Å². The van der Waals surface area contributed by atoms with Crippen LogP contribution in [0.3, 0.4) is 0 Å². The molecule has 2 aliphatic rings. The number of nitrogens with one attached hydrogen (secondary N) is 2. The number of hydrogen-bond donors (Lipinski definition) is 2. The Labute approximate surface area is 207 Å². The molecule has 2 heterocycles. The summed E-state index contributed by atoms with van der Waals surface area (Å²) in [7, 11) is 3.08. The van der Waals surface area contributed by atoms with E-state index in [4.69, 9.17) is 14.2 Å². The number of amides is 2. The van der Waals surface area contributed by atoms with Gasteiger partial charge in [0.25, 0.3) is 0 Å². The molecule has 1 atom stereocenters. The van der Waals surface area contributed by atoms with E-state index < -0.39 is 17.5 Å². The molecule has 0 saturated carbocycles. The van der Waals surface area contributed by atoms with Crippen LogP contribution in [0.25, 0.3) is 0 Å². The number of rotatable bonds is 9. The van der Waals surface area contributed by atoms with Crippen molar-refractivity contribution in [2.45, 2.75) is 65.0 Å². The van der Waals surface area contributed by atoms with Gasteiger partial charge in [0.15, 0.2) is 0 Å². The molecule has 1 aromatic carbocycles. The zero-order chi connectivity index (χ0) is 25.6. The minimum absolute atomic E-state index is 0.142. The summed E-state index contributed by atoms with van der Waals surface area (Å²) < 4.78 is 16.4. The fourth-order valence-electron chi connectivity index (χ4n) is 4.90. The molecule has 192 valence electrons. The fourth-order valence-corrected chi connectivity index (χ4v) is 4.90. The number of likely N-dealkylation sites (tertiary alicyclic amines) is 1. The third-order valence-electron chi connectivity index (χ3n) is 6.92. The molecule has 9 nitrogen and oxygen atoms in total. The van der Waals surface area contributed by atoms with Crippen LogP contribution in [0.1, 0.15) is 66.6 Å². The van der Waals surface area contributed by atoms with E-state index in [1.807, 2.05) is 32.9 Å². The zero-order valence-electron chi connectivity index (χ0n) is 21.4. The van der Waals surface area contributed by atoms with Crippen LogP contribution < -0.4 is 15.4 Å². The smallest absolute Gasteiger partial charge is 0.341 e. The normalized spacial score (nSPS) is 17.5. The first-order valence-electron chi connectivity index (χ1n) is 12.2. The van der Waals surface area contributed by atoms with Crippen LogP contribution in [0.4, 0.5) is 10.5 Å². The summed E-state index contributed by atoms with van der Waals surface area (Å²) >= 11 is 0. The molecule has 0 aliphatic carbocycles. The number of benzene rings is 1. The number of methoxy groups -OCH3 is 1. The molecule has 1 unspecified atom stereocenters. The summed E-state index contributed by atoms with van der Waals surface area (Å²) in [4.78, 5) is 39.9. The first-order valence-corrected chi connectivity index (χ1v) is 12.2. The number of urea groups is 1. The number of esters is 2. The van der Waals surface area contributed by atoms with Gasteiger partial charge in [0.1, 0.15) is 17.9 Å². The van der Waals surface area contributed by atoms with Crippen molar-refractivity contribution in [2.75, 3.05) is 39.2 Å². The fraction of sp³-hybridized carbons (Fsp3) is 0.577. The Morgan fingerprint density at radius 2 is 1.91 bits per heavy atom. The molecule has 0 bridgehead atoms. The van der Waals surface area contributed by atoms with Crippen LogP contribution >= 0.6 is 0 Å². The molecule has 2 amide bonds. The van der Waals surface area contributed by atoms with Crippen molar-refractivity contribution in [2.24, 2.45) is 0 Å². The molecule has 2 N–H and O–H groups in total. The van der Waals surface area contributed by atoms with Crippen molar-refractivity contribution >= 4 is 23.7 Å². The Kier molecular flexibility index (Phi) is 8.77. The van der Waals surface area contributed by atoms with Crippen LogP contribution in [-0.2, 0) is 27.3 Å². The van der Waals surface area contributed by atoms with E-state index in [-0.39, 0.29) is 12.6 Å². The third kappa shape index (κ3) is 5.45. The van der Waals surface area contributed by atoms with E-state index >= 15 is 0 Å². The predicted molar refractivity (Wildman–Crippen MR) is 133 cm³/mol. The number of cyclic esters (lactones) is 1. The van der Waals surface area contributed by atoms with Crippen LogP contribution in [0.2, 0.25) is 0 Å². The van der Waals surface area contributed by atoms with Gasteiger partial charge in [-0.3, -0.25) is 9.69 Å². The van der Waals surface area contributed by atoms with Crippen molar-refractivity contribution in [1.29, 1.82) is 0 Å². The minimum Gasteiger partial charge on any atom is -0.496 e. The third-order valence-corrected chi connectivity index (χ3v) is 6.92. The second-order valence-corrected chi connectivity index (χ2v) is 9.07. The summed E-state index contributed by atoms with van der Waals surface area (Å²) in [5.41, 5.74) is 2.20. The largest absolute Gasteiger partial charge is 0.496 e. The Hall–Kier alpha value is -3.07. The first-order chi connectivity index (χ1) is 16.8. The van der Waals surface area contributed by atoms with Crippen molar-refractivity contribution in [3.63, 3.8) is 0 Å². The molecule has 3 rings (SSSR count). The maximum atomic E-state index is 12.9. The van der Waals surface area contributed by atoms with Gasteiger partial charge in [-0.05, 0) is 65.1 Å². The molecular weight excluding hydrogens is 450 g/mol. The number of allylic oxidation sites excluding steroid dienone is 1. The maximum Gasteiger partial charge on any atom is 0.341 e. The lowest BCUT2D eigenvalue weighted by Gasteiger charge is -2.40. The lowest BCUT2D eigenvalue weighted by molar-refractivity contribution is -0.157. The zero-order valence-corrected chi connectivity index (χ0v) is 21.4. The Morgan fingerprint density at radius 1 is 1.20 bits per heavy atom. The maximum absolute atomic E-state index is 12.9. The van der Waals surface area contributed by atoms with E-state index in [0.29, 0.717) is 47.6 Å². The number of carbonyl (C=O) groups excluding carboxylic acids is 3. The monoisotopic (exact) mass is 487 g/mol. The van der Waals surface area contributed by atoms with Gasteiger partial charge in [-0.2, -0.15) is 0 Å². The average Bonchev–Trinajstić information content (AvgIpc) is 3.26. The van der Waals surface area contributed by atoms with E-state index in [1.54, 1.807) is 7.11 Å². The second-order valence-electron chi connectivity index (χ2n) is 9.07. The highest BCUT2D eigenvalue weighted by Gasteiger charge is 2.40. The van der Waals surface area contributed by atoms with E-state index in [9.17, 15) is 14.4 Å². The molecule has 2 aliphatic heterocycles. The van der Waals surface area contributed by atoms with Crippen molar-refractivity contribution in [3.05, 3.63) is 34.4 Å². The number of piperidine rings is 1. The van der Waals surface area contributed by atoms with E-state index in [0.717, 1.165) is 31.5 Å². The van der Waals surface area contributed by atoms with Gasteiger partial charge in [0.2, 0.25) is 0 Å². The van der Waals surface area contributed by atoms with E-state index in [2.05, 4.69) is 15.5 Å². The van der Waals surface area contributed by atoms with Gasteiger partial charge in [0, 0.05) is 18.2 Å². The van der Waals surface area contributed by atoms with Crippen LogP contribution in [0.15, 0.2) is 12.2 Å². The van der Waals surface area contributed by atoms with Gasteiger partial charge in [0.05, 0.1) is 25.0 Å². The molecule has 0 spiro atoms. The molecule has 9 heteroatoms. The number of carbonyl (C=O) groups is 3. The van der Waals surface area contributed by atoms with Gasteiger partial charge < -0.3 is 24.8 Å². The summed E-state index contributed by atoms with van der Waals surface area (Å²) in [5.74, 6) is -0.0908. The van der Waals surface area contributed by atoms with Gasteiger partial charge >= 0.3 is 18.0 Å². The lowest BCUT2D eigenvalue weighted by Crippen LogP contribution is -2.54. The Balaban J connectivity index is 1.92. The molecule has 0 radical (unpaired) electrons. The highest BCUT2D eigenvalue weighted by Crippen LogP contribution is 2.41. The standard InChI is InChI=1S/C26H37N3O6/c1-6-34-24(31)26(3,29-14-10-7-11-15-29)13-9-8-12-18-21(28-25(32)27-4)20-19(16-35-23(20)30)17(2)22(18)33-5/h8-9H,6-7,10-16H2,1-5H3,(H2,27,28,32). The second kappa shape index (κ2) is 11.6. The quantitative estimate of drug-likeness (QED) is 0.404. The molecule has 1 aromatic rings. The first kappa shape index (κ1) is 26.5. The number of fused-ring (bicyclic) bond motifs is 1. The van der Waals surface area contributed by atoms with Crippen LogP contribution in [-0.4, -0.2) is 62.3 Å². The lowest BCUT2D eigenvalue weighted by atomic mass is 9.91. The summed E-state index contributed by atoms with van der Waals surface area (Å²) in [6.07, 6.45) is 8.09. The number of ether oxygens (including phenoxy) is 3. The van der Waals surface area contributed by atoms with Crippen molar-refractivity contribution in [1.82, 2.24) is 10.2 Å². The predicted octanol–water partition coefficient (Wildman–Crippen LogP) is 3.72. The summed E-state index contributed by atoms with van der Waals surface area (Å²) in [6.45, 7) is 7.84. The topological polar surface area (TPSA) is 106 Å². The SMILES string of the molecule is CCOC(=O)C(C)(CC=CCc1c(NC(=O)NC)c2c(c(C)c1OC)COC2=O)N1CCCCC1. The van der Waals surface area contributed by atoms with Gasteiger partial charge in [-0.25, -0.2) is 9.59 Å². The van der Waals surface area contributed by atoms with Crippen LogP contribution in [0.5, 0.6) is 5.75 Å². The number of nitrogens with zero attached hydrogens (tertiary/aromatic N) is 1. The summed E-state index contributed by atoms with van der Waals surface area (Å²) in [6, 6.07) is -0.442. The molecule has 1 saturated heterocycles. The number of hydrogen-bond acceptors (Lipinski definition) is 7. The van der Waals surface area contributed by atoms with Gasteiger partial charge in [-0.1, -0.05) is 18.6 Å². The van der Waals surface area contributed by atoms with Gasteiger partial charge in [-0.15, -0.1) is 0 Å². The highest BCUT2D eigenvalue weighted by atomic mass is 16.5. The minimum atomic E-state index is -0.752. The average molecular weight is 488 g/mol. The molecule has 0 aromatic heterocycles. The summed E-state index contributed by atoms with van der Waals surface area (Å²) in [5, 5.41) is 5.32. The van der Waals surface area contributed by atoms with Crippen LogP contribution in [0, 0.1) is 6.92 Å². The van der Waals surface area contributed by atoms with Crippen molar-refractivity contribution in [3.8, 4) is 5.75 Å². The number of anilines is 1. The molecular formula is C26H37N3O6. The molecule has 35 heavy (non-hydrogen) atoms.